The molecule has 6 nitrogen and oxygen atoms in total. The van der Waals surface area contributed by atoms with E-state index < -0.39 is 0 Å². The molecule has 0 aromatic heterocycles. The molecule has 22 heavy (non-hydrogen) atoms. The van der Waals surface area contributed by atoms with E-state index >= 15 is 0 Å². The summed E-state index contributed by atoms with van der Waals surface area (Å²) >= 11 is 0. The van der Waals surface area contributed by atoms with E-state index in [0.29, 0.717) is 12.5 Å². The van der Waals surface area contributed by atoms with Crippen LogP contribution in [0.25, 0.3) is 0 Å². The number of likely N-dealkylation sites (tertiary alicyclic amines) is 1. The van der Waals surface area contributed by atoms with Gasteiger partial charge in [0.05, 0.1) is 12.2 Å². The van der Waals surface area contributed by atoms with E-state index in [0.717, 1.165) is 51.9 Å². The molecule has 0 spiro atoms. The Morgan fingerprint density at radius 1 is 1.36 bits per heavy atom. The van der Waals surface area contributed by atoms with E-state index in [9.17, 15) is 9.90 Å². The van der Waals surface area contributed by atoms with Crippen molar-refractivity contribution in [3.8, 4) is 0 Å². The summed E-state index contributed by atoms with van der Waals surface area (Å²) in [6, 6.07) is 0. The molecule has 1 amide bonds. The van der Waals surface area contributed by atoms with E-state index in [2.05, 4.69) is 4.90 Å². The molecular formula is C16H31N3O3. The van der Waals surface area contributed by atoms with Gasteiger partial charge in [0.2, 0.25) is 0 Å². The Balaban J connectivity index is 1.71. The first-order valence-electron chi connectivity index (χ1n) is 8.50. The van der Waals surface area contributed by atoms with Crippen LogP contribution in [0.2, 0.25) is 0 Å². The summed E-state index contributed by atoms with van der Waals surface area (Å²) in [6.45, 7) is 5.88. The van der Waals surface area contributed by atoms with Gasteiger partial charge in [-0.25, -0.2) is 0 Å². The summed E-state index contributed by atoms with van der Waals surface area (Å²) < 4.78 is 5.69. The van der Waals surface area contributed by atoms with Crippen molar-refractivity contribution in [3.05, 3.63) is 0 Å². The Kier molecular flexibility index (Phi) is 6.62. The maximum absolute atomic E-state index is 12.4. The quantitative estimate of drug-likeness (QED) is 0.724. The zero-order chi connectivity index (χ0) is 16.1. The molecule has 2 heterocycles. The second-order valence-corrected chi connectivity index (χ2v) is 6.87. The van der Waals surface area contributed by atoms with Crippen LogP contribution in [0.5, 0.6) is 0 Å². The van der Waals surface area contributed by atoms with Crippen molar-refractivity contribution in [1.82, 2.24) is 9.80 Å². The molecule has 0 aromatic rings. The summed E-state index contributed by atoms with van der Waals surface area (Å²) in [5.74, 6) is 0.647. The maximum atomic E-state index is 12.4. The number of likely N-dealkylation sites (N-methyl/N-ethyl adjacent to an activating group) is 1. The highest BCUT2D eigenvalue weighted by Crippen LogP contribution is 2.22. The number of nitrogens with zero attached hydrogens (tertiary/aromatic N) is 2. The largest absolute Gasteiger partial charge is 0.392 e. The van der Waals surface area contributed by atoms with Gasteiger partial charge in [-0.3, -0.25) is 4.79 Å². The van der Waals surface area contributed by atoms with Crippen LogP contribution in [0.4, 0.5) is 0 Å². The van der Waals surface area contributed by atoms with Crippen molar-refractivity contribution in [2.75, 3.05) is 39.8 Å². The molecule has 6 heteroatoms. The molecule has 3 N–H and O–H groups in total. The molecule has 1 unspecified atom stereocenters. The number of hydrogen-bond donors (Lipinski definition) is 2. The van der Waals surface area contributed by atoms with E-state index in [1.54, 1.807) is 0 Å². The second-order valence-electron chi connectivity index (χ2n) is 6.87. The second kappa shape index (κ2) is 8.24. The number of aliphatic hydroxyl groups excluding tert-OH is 1. The zero-order valence-electron chi connectivity index (χ0n) is 13.9. The molecule has 0 radical (unpaired) electrons. The molecule has 0 aliphatic carbocycles. The van der Waals surface area contributed by atoms with Crippen molar-refractivity contribution < 1.29 is 14.6 Å². The highest BCUT2D eigenvalue weighted by molar-refractivity contribution is 5.81. The minimum Gasteiger partial charge on any atom is -0.392 e. The Labute approximate surface area is 133 Å². The molecule has 0 saturated carbocycles. The van der Waals surface area contributed by atoms with Gasteiger partial charge in [-0.2, -0.15) is 0 Å². The van der Waals surface area contributed by atoms with Gasteiger partial charge in [-0.15, -0.1) is 0 Å². The first kappa shape index (κ1) is 17.7. The number of hydrogen-bond acceptors (Lipinski definition) is 5. The Morgan fingerprint density at radius 2 is 2.05 bits per heavy atom. The number of carbonyl (C=O) groups is 1. The maximum Gasteiger partial charge on any atom is 0.251 e. The average molecular weight is 313 g/mol. The third-order valence-corrected chi connectivity index (χ3v) is 4.78. The fourth-order valence-corrected chi connectivity index (χ4v) is 3.51. The molecule has 2 aliphatic rings. The van der Waals surface area contributed by atoms with Gasteiger partial charge in [0, 0.05) is 26.7 Å². The zero-order valence-corrected chi connectivity index (χ0v) is 13.9. The number of ether oxygens (including phenoxy) is 1. The van der Waals surface area contributed by atoms with E-state index in [1.807, 2.05) is 18.9 Å². The fraction of sp³-hybridized carbons (Fsp3) is 0.938. The Bertz CT molecular complexity index is 357. The van der Waals surface area contributed by atoms with Crippen LogP contribution in [0.3, 0.4) is 0 Å². The lowest BCUT2D eigenvalue weighted by Crippen LogP contribution is -2.43. The van der Waals surface area contributed by atoms with Crippen molar-refractivity contribution in [1.29, 1.82) is 0 Å². The number of piperidine rings is 1. The van der Waals surface area contributed by atoms with Gasteiger partial charge in [0.25, 0.3) is 5.91 Å². The fourth-order valence-electron chi connectivity index (χ4n) is 3.51. The molecule has 128 valence electrons. The molecule has 2 aliphatic heterocycles. The SMILES string of the molecule is CC(O)CN1CCC(CN(C)C(=O)[C@@H]2CC[C@H](CN)O2)CC1. The highest BCUT2D eigenvalue weighted by Gasteiger charge is 2.32. The van der Waals surface area contributed by atoms with Crippen molar-refractivity contribution in [2.24, 2.45) is 11.7 Å². The lowest BCUT2D eigenvalue weighted by molar-refractivity contribution is -0.142. The summed E-state index contributed by atoms with van der Waals surface area (Å²) in [6.07, 6.45) is 3.33. The number of nitrogens with two attached hydrogens (primary N) is 1. The van der Waals surface area contributed by atoms with E-state index in [1.165, 1.54) is 0 Å². The molecule has 0 aromatic carbocycles. The molecule has 2 rings (SSSR count). The number of rotatable bonds is 6. The minimum atomic E-state index is -0.297. The first-order valence-corrected chi connectivity index (χ1v) is 8.50. The average Bonchev–Trinajstić information content (AvgIpc) is 2.97. The van der Waals surface area contributed by atoms with Crippen LogP contribution < -0.4 is 5.73 Å². The molecule has 0 bridgehead atoms. The lowest BCUT2D eigenvalue weighted by Gasteiger charge is -2.34. The third kappa shape index (κ3) is 4.91. The summed E-state index contributed by atoms with van der Waals surface area (Å²) in [5.41, 5.74) is 5.60. The van der Waals surface area contributed by atoms with Crippen molar-refractivity contribution in [2.45, 2.75) is 50.9 Å². The van der Waals surface area contributed by atoms with Gasteiger partial charge in [-0.05, 0) is 51.6 Å². The summed E-state index contributed by atoms with van der Waals surface area (Å²) in [7, 11) is 1.88. The Hall–Kier alpha value is -0.690. The van der Waals surface area contributed by atoms with Gasteiger partial charge < -0.3 is 25.4 Å². The number of β-amino-alcohol motifs (C(OH)–C–C–N with tert-alkyl or cyclic N) is 1. The number of amides is 1. The number of aliphatic hydroxyl groups is 1. The van der Waals surface area contributed by atoms with Crippen LogP contribution in [0, 0.1) is 5.92 Å². The van der Waals surface area contributed by atoms with Crippen LogP contribution in [0.15, 0.2) is 0 Å². The van der Waals surface area contributed by atoms with E-state index in [-0.39, 0.29) is 24.2 Å². The Morgan fingerprint density at radius 3 is 2.59 bits per heavy atom. The van der Waals surface area contributed by atoms with Gasteiger partial charge in [-0.1, -0.05) is 0 Å². The van der Waals surface area contributed by atoms with Gasteiger partial charge >= 0.3 is 0 Å². The van der Waals surface area contributed by atoms with Gasteiger partial charge in [0.15, 0.2) is 0 Å². The predicted octanol–water partition coefficient (Wildman–Crippen LogP) is 0.0439. The summed E-state index contributed by atoms with van der Waals surface area (Å²) in [5, 5.41) is 9.43. The molecule has 3 atom stereocenters. The minimum absolute atomic E-state index is 0.0473. The normalized spacial score (nSPS) is 28.7. The standard InChI is InChI=1S/C16H31N3O3/c1-12(20)10-19-7-5-13(6-8-19)11-18(2)16(21)15-4-3-14(9-17)22-15/h12-15,20H,3-11,17H2,1-2H3/t12?,14-,15+/m1/s1. The first-order chi connectivity index (χ1) is 10.5. The van der Waals surface area contributed by atoms with Crippen molar-refractivity contribution >= 4 is 5.91 Å². The topological polar surface area (TPSA) is 79.0 Å². The number of carbonyl (C=O) groups excluding carboxylic acids is 1. The third-order valence-electron chi connectivity index (χ3n) is 4.78. The lowest BCUT2D eigenvalue weighted by atomic mass is 9.96. The predicted molar refractivity (Wildman–Crippen MR) is 85.4 cm³/mol. The van der Waals surface area contributed by atoms with Crippen LogP contribution in [-0.2, 0) is 9.53 Å². The summed E-state index contributed by atoms with van der Waals surface area (Å²) in [4.78, 5) is 16.5. The molecule has 2 saturated heterocycles. The van der Waals surface area contributed by atoms with Crippen LogP contribution in [0.1, 0.15) is 32.6 Å². The van der Waals surface area contributed by atoms with Crippen LogP contribution in [-0.4, -0.2) is 78.9 Å². The molecular weight excluding hydrogens is 282 g/mol. The monoisotopic (exact) mass is 313 g/mol. The van der Waals surface area contributed by atoms with Gasteiger partial charge in [0.1, 0.15) is 6.10 Å². The van der Waals surface area contributed by atoms with Crippen molar-refractivity contribution in [3.63, 3.8) is 0 Å². The smallest absolute Gasteiger partial charge is 0.251 e. The molecule has 2 fully saturated rings. The van der Waals surface area contributed by atoms with Crippen LogP contribution >= 0.6 is 0 Å². The van der Waals surface area contributed by atoms with E-state index in [4.69, 9.17) is 10.5 Å². The highest BCUT2D eigenvalue weighted by atomic mass is 16.5.